The van der Waals surface area contributed by atoms with E-state index in [9.17, 15) is 14.4 Å². The van der Waals surface area contributed by atoms with E-state index in [1.165, 1.54) is 6.92 Å². The molecule has 0 aliphatic carbocycles. The predicted molar refractivity (Wildman–Crippen MR) is 84.2 cm³/mol. The molecule has 1 rings (SSSR count). The Balaban J connectivity index is 2.29. The Hall–Kier alpha value is -2.28. The van der Waals surface area contributed by atoms with Gasteiger partial charge >= 0.3 is 5.97 Å². The zero-order chi connectivity index (χ0) is 17.2. The Morgan fingerprint density at radius 2 is 1.91 bits per heavy atom. The normalized spacial score (nSPS) is 11.3. The molecule has 0 spiro atoms. The van der Waals surface area contributed by atoms with E-state index in [1.807, 2.05) is 0 Å². The number of hydrogen-bond donors (Lipinski definition) is 2. The Labute approximate surface area is 139 Å². The number of likely N-dealkylation sites (N-methyl/N-ethyl adjacent to an activating group) is 1. The van der Waals surface area contributed by atoms with Crippen molar-refractivity contribution in [2.75, 3.05) is 19.8 Å². The van der Waals surface area contributed by atoms with E-state index in [0.29, 0.717) is 17.3 Å². The molecule has 0 aromatic heterocycles. The first-order chi connectivity index (χ1) is 10.9. The third-order valence-electron chi connectivity index (χ3n) is 2.67. The van der Waals surface area contributed by atoms with Crippen LogP contribution in [0, 0.1) is 0 Å². The zero-order valence-electron chi connectivity index (χ0n) is 12.9. The van der Waals surface area contributed by atoms with E-state index in [2.05, 4.69) is 10.6 Å². The number of ether oxygens (including phenoxy) is 2. The van der Waals surface area contributed by atoms with Gasteiger partial charge in [-0.05, 0) is 26.0 Å². The molecule has 7 nitrogen and oxygen atoms in total. The van der Waals surface area contributed by atoms with E-state index in [4.69, 9.17) is 21.1 Å². The lowest BCUT2D eigenvalue weighted by molar-refractivity contribution is -0.150. The van der Waals surface area contributed by atoms with Crippen molar-refractivity contribution in [1.29, 1.82) is 0 Å². The molecule has 2 N–H and O–H groups in total. The monoisotopic (exact) mass is 342 g/mol. The molecule has 0 saturated carbocycles. The number of esters is 1. The maximum atomic E-state index is 11.6. The zero-order valence-corrected chi connectivity index (χ0v) is 13.7. The summed E-state index contributed by atoms with van der Waals surface area (Å²) in [5.41, 5.74) is 0. The van der Waals surface area contributed by atoms with Crippen LogP contribution < -0.4 is 15.4 Å². The molecule has 1 aromatic carbocycles. The number of benzene rings is 1. The average molecular weight is 343 g/mol. The third-order valence-corrected chi connectivity index (χ3v) is 2.98. The van der Waals surface area contributed by atoms with Crippen LogP contribution in [0.2, 0.25) is 5.02 Å². The largest absolute Gasteiger partial charge is 0.480 e. The fraction of sp³-hybridized carbons (Fsp3) is 0.400. The lowest BCUT2D eigenvalue weighted by Gasteiger charge is -2.13. The van der Waals surface area contributed by atoms with Crippen LogP contribution in [0.5, 0.6) is 5.75 Å². The van der Waals surface area contributed by atoms with Crippen LogP contribution in [0.25, 0.3) is 0 Å². The molecule has 0 saturated heterocycles. The summed E-state index contributed by atoms with van der Waals surface area (Å²) >= 11 is 5.87. The number of carbonyl (C=O) groups excluding carboxylic acids is 3. The van der Waals surface area contributed by atoms with Crippen molar-refractivity contribution in [2.45, 2.75) is 19.9 Å². The van der Waals surface area contributed by atoms with Crippen LogP contribution in [-0.2, 0) is 19.1 Å². The molecule has 23 heavy (non-hydrogen) atoms. The summed E-state index contributed by atoms with van der Waals surface area (Å²) in [6.45, 7) is 2.91. The quantitative estimate of drug-likeness (QED) is 0.685. The number of amides is 2. The molecule has 1 atom stereocenters. The molecular formula is C15H19ClN2O5. The standard InChI is InChI=1S/C15H19ClN2O5/c1-3-17-15(21)10(2)18-13(19)8-23-14(20)9-22-12-7-5-4-6-11(12)16/h4-7,10H,3,8-9H2,1-2H3,(H,17,21)(H,18,19)/t10-/m1/s1. The van der Waals surface area contributed by atoms with Gasteiger partial charge in [-0.15, -0.1) is 0 Å². The number of rotatable bonds is 8. The number of para-hydroxylation sites is 1. The van der Waals surface area contributed by atoms with Gasteiger partial charge in [0, 0.05) is 6.54 Å². The highest BCUT2D eigenvalue weighted by molar-refractivity contribution is 6.32. The Morgan fingerprint density at radius 3 is 2.57 bits per heavy atom. The summed E-state index contributed by atoms with van der Waals surface area (Å²) in [5, 5.41) is 5.35. The fourth-order valence-electron chi connectivity index (χ4n) is 1.56. The third kappa shape index (κ3) is 7.01. The van der Waals surface area contributed by atoms with Crippen LogP contribution in [0.3, 0.4) is 0 Å². The first-order valence-electron chi connectivity index (χ1n) is 7.04. The van der Waals surface area contributed by atoms with E-state index in [1.54, 1.807) is 31.2 Å². The second-order valence-electron chi connectivity index (χ2n) is 4.56. The first kappa shape index (κ1) is 18.8. The van der Waals surface area contributed by atoms with Gasteiger partial charge in [-0.3, -0.25) is 9.59 Å². The number of nitrogens with one attached hydrogen (secondary N) is 2. The highest BCUT2D eigenvalue weighted by Crippen LogP contribution is 2.22. The lowest BCUT2D eigenvalue weighted by Crippen LogP contribution is -2.46. The highest BCUT2D eigenvalue weighted by Gasteiger charge is 2.16. The van der Waals surface area contributed by atoms with Gasteiger partial charge in [-0.25, -0.2) is 4.79 Å². The Morgan fingerprint density at radius 1 is 1.22 bits per heavy atom. The van der Waals surface area contributed by atoms with Crippen LogP contribution in [0.1, 0.15) is 13.8 Å². The Bertz CT molecular complexity index is 565. The second-order valence-corrected chi connectivity index (χ2v) is 4.97. The molecule has 1 aromatic rings. The molecule has 0 fully saturated rings. The van der Waals surface area contributed by atoms with Crippen LogP contribution in [0.4, 0.5) is 0 Å². The molecule has 126 valence electrons. The molecule has 0 heterocycles. The van der Waals surface area contributed by atoms with E-state index in [0.717, 1.165) is 0 Å². The molecule has 0 radical (unpaired) electrons. The van der Waals surface area contributed by atoms with Gasteiger partial charge in [0.2, 0.25) is 5.91 Å². The van der Waals surface area contributed by atoms with Gasteiger partial charge in [0.15, 0.2) is 13.2 Å². The van der Waals surface area contributed by atoms with Gasteiger partial charge in [0.1, 0.15) is 11.8 Å². The van der Waals surface area contributed by atoms with Crippen molar-refractivity contribution in [2.24, 2.45) is 0 Å². The smallest absolute Gasteiger partial charge is 0.344 e. The molecule has 2 amide bonds. The van der Waals surface area contributed by atoms with Gasteiger partial charge < -0.3 is 20.1 Å². The van der Waals surface area contributed by atoms with Crippen molar-refractivity contribution < 1.29 is 23.9 Å². The van der Waals surface area contributed by atoms with Crippen LogP contribution in [0.15, 0.2) is 24.3 Å². The minimum atomic E-state index is -0.717. The lowest BCUT2D eigenvalue weighted by atomic mass is 10.3. The van der Waals surface area contributed by atoms with Crippen molar-refractivity contribution in [3.63, 3.8) is 0 Å². The SMILES string of the molecule is CCNC(=O)[C@@H](C)NC(=O)COC(=O)COc1ccccc1Cl. The number of halogens is 1. The molecule has 8 heteroatoms. The topological polar surface area (TPSA) is 93.7 Å². The Kier molecular flexibility index (Phi) is 7.90. The van der Waals surface area contributed by atoms with Crippen LogP contribution in [-0.4, -0.2) is 43.6 Å². The van der Waals surface area contributed by atoms with E-state index < -0.39 is 24.5 Å². The summed E-state index contributed by atoms with van der Waals surface area (Å²) < 4.78 is 9.94. The number of hydrogen-bond acceptors (Lipinski definition) is 5. The maximum Gasteiger partial charge on any atom is 0.344 e. The summed E-state index contributed by atoms with van der Waals surface area (Å²) in [4.78, 5) is 34.5. The molecule has 0 unspecified atom stereocenters. The van der Waals surface area contributed by atoms with Crippen molar-refractivity contribution in [3.05, 3.63) is 29.3 Å². The van der Waals surface area contributed by atoms with Crippen molar-refractivity contribution in [3.8, 4) is 5.75 Å². The summed E-state index contributed by atoms with van der Waals surface area (Å²) in [7, 11) is 0. The maximum absolute atomic E-state index is 11.6. The summed E-state index contributed by atoms with van der Waals surface area (Å²) in [5.74, 6) is -1.25. The molecule has 0 bridgehead atoms. The number of carbonyl (C=O) groups is 3. The van der Waals surface area contributed by atoms with E-state index in [-0.39, 0.29) is 12.5 Å². The second kappa shape index (κ2) is 9.68. The predicted octanol–water partition coefficient (Wildman–Crippen LogP) is 0.903. The summed E-state index contributed by atoms with van der Waals surface area (Å²) in [6.07, 6.45) is 0. The summed E-state index contributed by atoms with van der Waals surface area (Å²) in [6, 6.07) is 5.96. The highest BCUT2D eigenvalue weighted by atomic mass is 35.5. The van der Waals surface area contributed by atoms with Gasteiger partial charge in [-0.2, -0.15) is 0 Å². The molecule has 0 aliphatic rings. The average Bonchev–Trinajstić information content (AvgIpc) is 2.52. The van der Waals surface area contributed by atoms with Crippen LogP contribution >= 0.6 is 11.6 Å². The molecular weight excluding hydrogens is 324 g/mol. The first-order valence-corrected chi connectivity index (χ1v) is 7.41. The van der Waals surface area contributed by atoms with Gasteiger partial charge in [-0.1, -0.05) is 23.7 Å². The molecule has 0 aliphatic heterocycles. The van der Waals surface area contributed by atoms with Gasteiger partial charge in [0.25, 0.3) is 5.91 Å². The fourth-order valence-corrected chi connectivity index (χ4v) is 1.75. The van der Waals surface area contributed by atoms with Gasteiger partial charge in [0.05, 0.1) is 5.02 Å². The minimum Gasteiger partial charge on any atom is -0.480 e. The van der Waals surface area contributed by atoms with E-state index >= 15 is 0 Å². The van der Waals surface area contributed by atoms with Crippen molar-refractivity contribution >= 4 is 29.4 Å². The van der Waals surface area contributed by atoms with Crippen molar-refractivity contribution in [1.82, 2.24) is 10.6 Å². The minimum absolute atomic E-state index is 0.311.